The van der Waals surface area contributed by atoms with E-state index in [-0.39, 0.29) is 18.3 Å². The van der Waals surface area contributed by atoms with Crippen molar-refractivity contribution in [1.82, 2.24) is 14.8 Å². The van der Waals surface area contributed by atoms with Gasteiger partial charge >= 0.3 is 0 Å². The van der Waals surface area contributed by atoms with Crippen molar-refractivity contribution < 1.29 is 4.79 Å². The highest BCUT2D eigenvalue weighted by molar-refractivity contribution is 6.43. The summed E-state index contributed by atoms with van der Waals surface area (Å²) in [4.78, 5) is 17.6. The predicted octanol–water partition coefficient (Wildman–Crippen LogP) is 5.84. The molecule has 0 bridgehead atoms. The van der Waals surface area contributed by atoms with E-state index in [0.717, 1.165) is 79.3 Å². The van der Waals surface area contributed by atoms with Gasteiger partial charge in [-0.2, -0.15) is 0 Å². The zero-order valence-electron chi connectivity index (χ0n) is 20.5. The molecule has 0 saturated carbocycles. The van der Waals surface area contributed by atoms with Crippen LogP contribution in [0.4, 0.5) is 5.69 Å². The van der Waals surface area contributed by atoms with E-state index < -0.39 is 0 Å². The molecule has 0 atom stereocenters. The van der Waals surface area contributed by atoms with E-state index >= 15 is 0 Å². The lowest BCUT2D eigenvalue weighted by Gasteiger charge is -2.36. The summed E-state index contributed by atoms with van der Waals surface area (Å²) in [6, 6.07) is 16.2. The lowest BCUT2D eigenvalue weighted by Crippen LogP contribution is -2.46. The first-order valence-electron chi connectivity index (χ1n) is 11.8. The Morgan fingerprint density at radius 2 is 1.69 bits per heavy atom. The number of nitrogens with one attached hydrogen (secondary N) is 1. The molecule has 0 unspecified atom stereocenters. The average molecular weight is 536 g/mol. The number of halogens is 3. The lowest BCUT2D eigenvalue weighted by atomic mass is 9.99. The molecule has 1 fully saturated rings. The van der Waals surface area contributed by atoms with Crippen LogP contribution < -0.4 is 10.2 Å². The second-order valence-corrected chi connectivity index (χ2v) is 9.58. The van der Waals surface area contributed by atoms with Gasteiger partial charge in [0.15, 0.2) is 0 Å². The maximum atomic E-state index is 12.8. The van der Waals surface area contributed by atoms with E-state index in [9.17, 15) is 4.79 Å². The molecular formula is C27H33Cl3N4O. The van der Waals surface area contributed by atoms with Crippen LogP contribution in [0.15, 0.2) is 48.5 Å². The first kappa shape index (κ1) is 27.4. The van der Waals surface area contributed by atoms with Crippen molar-refractivity contribution in [3.05, 3.63) is 75.4 Å². The van der Waals surface area contributed by atoms with Crippen LogP contribution in [-0.4, -0.2) is 55.1 Å². The zero-order valence-corrected chi connectivity index (χ0v) is 22.8. The molecule has 0 spiro atoms. The first-order chi connectivity index (χ1) is 16.4. The van der Waals surface area contributed by atoms with E-state index in [1.807, 2.05) is 50.4 Å². The number of hydrogen-bond donors (Lipinski definition) is 1. The highest BCUT2D eigenvalue weighted by atomic mass is 35.5. The Hall–Kier alpha value is -2.18. The van der Waals surface area contributed by atoms with E-state index in [0.29, 0.717) is 10.0 Å². The highest BCUT2D eigenvalue weighted by Gasteiger charge is 2.24. The van der Waals surface area contributed by atoms with Crippen molar-refractivity contribution in [3.63, 3.8) is 0 Å². The van der Waals surface area contributed by atoms with Crippen molar-refractivity contribution in [2.24, 2.45) is 7.05 Å². The predicted molar refractivity (Wildman–Crippen MR) is 150 cm³/mol. The van der Waals surface area contributed by atoms with Crippen LogP contribution in [0.5, 0.6) is 0 Å². The Kier molecular flexibility index (Phi) is 9.54. The second kappa shape index (κ2) is 12.2. The van der Waals surface area contributed by atoms with Gasteiger partial charge < -0.3 is 14.8 Å². The minimum Gasteiger partial charge on any atom is -0.368 e. The maximum Gasteiger partial charge on any atom is 0.253 e. The van der Waals surface area contributed by atoms with Crippen molar-refractivity contribution in [2.45, 2.75) is 19.8 Å². The fourth-order valence-electron chi connectivity index (χ4n) is 4.94. The average Bonchev–Trinajstić information content (AvgIpc) is 3.11. The monoisotopic (exact) mass is 534 g/mol. The number of rotatable bonds is 7. The normalized spacial score (nSPS) is 14.0. The quantitative estimate of drug-likeness (QED) is 0.413. The van der Waals surface area contributed by atoms with Gasteiger partial charge in [-0.15, -0.1) is 12.4 Å². The Balaban J connectivity index is 0.00000342. The molecule has 8 heteroatoms. The molecule has 188 valence electrons. The van der Waals surface area contributed by atoms with Gasteiger partial charge in [0.1, 0.15) is 0 Å². The number of piperazine rings is 1. The Morgan fingerprint density at radius 3 is 2.34 bits per heavy atom. The standard InChI is InChI=1S/C27H32Cl2N4O.ClH/c1-19-24(27(34)30-2)21(26(31(19)3)20-9-5-4-6-10-20)11-8-14-32-15-17-33(18-16-32)23-13-7-12-22(28)25(23)29;/h4-7,9-10,12-13H,8,11,14-18H2,1-3H3,(H,30,34);1H. The van der Waals surface area contributed by atoms with Crippen LogP contribution in [-0.2, 0) is 13.5 Å². The summed E-state index contributed by atoms with van der Waals surface area (Å²) >= 11 is 12.6. The third-order valence-corrected chi connectivity index (χ3v) is 7.64. The van der Waals surface area contributed by atoms with Crippen molar-refractivity contribution in [3.8, 4) is 11.3 Å². The van der Waals surface area contributed by atoms with Gasteiger partial charge in [0.2, 0.25) is 0 Å². The SMILES string of the molecule is CNC(=O)c1c(CCCN2CCN(c3cccc(Cl)c3Cl)CC2)c(-c2ccccc2)n(C)c1C.Cl. The zero-order chi connectivity index (χ0) is 24.2. The number of nitrogens with zero attached hydrogens (tertiary/aromatic N) is 3. The summed E-state index contributed by atoms with van der Waals surface area (Å²) in [5.74, 6) is -0.0164. The summed E-state index contributed by atoms with van der Waals surface area (Å²) in [6.07, 6.45) is 1.85. The Bertz CT molecular complexity index is 1150. The number of carbonyl (C=O) groups is 1. The number of carbonyl (C=O) groups excluding carboxylic acids is 1. The molecule has 3 aromatic rings. The molecule has 1 aliphatic heterocycles. The summed E-state index contributed by atoms with van der Waals surface area (Å²) in [6.45, 7) is 6.81. The number of hydrogen-bond acceptors (Lipinski definition) is 3. The smallest absolute Gasteiger partial charge is 0.253 e. The summed E-state index contributed by atoms with van der Waals surface area (Å²) < 4.78 is 2.16. The minimum atomic E-state index is -0.0164. The fourth-order valence-corrected chi connectivity index (χ4v) is 5.35. The molecule has 1 N–H and O–H groups in total. The van der Waals surface area contributed by atoms with Gasteiger partial charge in [-0.05, 0) is 49.6 Å². The summed E-state index contributed by atoms with van der Waals surface area (Å²) in [7, 11) is 3.75. The van der Waals surface area contributed by atoms with Crippen LogP contribution >= 0.6 is 35.6 Å². The molecule has 1 aliphatic rings. The number of anilines is 1. The van der Waals surface area contributed by atoms with Crippen LogP contribution in [0.1, 0.15) is 28.0 Å². The third kappa shape index (κ3) is 5.80. The lowest BCUT2D eigenvalue weighted by molar-refractivity contribution is 0.0961. The van der Waals surface area contributed by atoms with Gasteiger partial charge in [0.25, 0.3) is 5.91 Å². The van der Waals surface area contributed by atoms with Crippen LogP contribution in [0.2, 0.25) is 10.0 Å². The van der Waals surface area contributed by atoms with Gasteiger partial charge in [-0.3, -0.25) is 9.69 Å². The molecule has 35 heavy (non-hydrogen) atoms. The number of amides is 1. The van der Waals surface area contributed by atoms with Crippen LogP contribution in [0.3, 0.4) is 0 Å². The van der Waals surface area contributed by atoms with E-state index in [2.05, 4.69) is 31.8 Å². The molecular weight excluding hydrogens is 503 g/mol. The van der Waals surface area contributed by atoms with E-state index in [1.165, 1.54) is 0 Å². The van der Waals surface area contributed by atoms with Crippen LogP contribution in [0.25, 0.3) is 11.3 Å². The summed E-state index contributed by atoms with van der Waals surface area (Å²) in [5.41, 5.74) is 6.23. The Labute approximate surface area is 224 Å². The fraction of sp³-hybridized carbons (Fsp3) is 0.370. The van der Waals surface area contributed by atoms with Gasteiger partial charge in [-0.1, -0.05) is 59.6 Å². The molecule has 1 amide bonds. The maximum absolute atomic E-state index is 12.8. The van der Waals surface area contributed by atoms with Crippen molar-refractivity contribution >= 4 is 47.2 Å². The molecule has 4 rings (SSSR count). The molecule has 2 heterocycles. The highest BCUT2D eigenvalue weighted by Crippen LogP contribution is 2.34. The second-order valence-electron chi connectivity index (χ2n) is 8.80. The molecule has 1 saturated heterocycles. The third-order valence-electron chi connectivity index (χ3n) is 6.83. The minimum absolute atomic E-state index is 0. The van der Waals surface area contributed by atoms with E-state index in [1.54, 1.807) is 7.05 Å². The number of aromatic nitrogens is 1. The first-order valence-corrected chi connectivity index (χ1v) is 12.5. The van der Waals surface area contributed by atoms with Crippen LogP contribution in [0, 0.1) is 6.92 Å². The molecule has 1 aromatic heterocycles. The topological polar surface area (TPSA) is 40.5 Å². The largest absolute Gasteiger partial charge is 0.368 e. The Morgan fingerprint density at radius 1 is 1.00 bits per heavy atom. The molecule has 2 aromatic carbocycles. The summed E-state index contributed by atoms with van der Waals surface area (Å²) in [5, 5.41) is 4.06. The van der Waals surface area contributed by atoms with Gasteiger partial charge in [-0.25, -0.2) is 0 Å². The van der Waals surface area contributed by atoms with Gasteiger partial charge in [0.05, 0.1) is 27.0 Å². The number of benzene rings is 2. The van der Waals surface area contributed by atoms with E-state index in [4.69, 9.17) is 23.2 Å². The van der Waals surface area contributed by atoms with Crippen molar-refractivity contribution in [1.29, 1.82) is 0 Å². The molecule has 0 radical (unpaired) electrons. The van der Waals surface area contributed by atoms with Crippen molar-refractivity contribution in [2.75, 3.05) is 44.7 Å². The van der Waals surface area contributed by atoms with Gasteiger partial charge in [0, 0.05) is 46.0 Å². The molecule has 0 aliphatic carbocycles. The molecule has 5 nitrogen and oxygen atoms in total.